The molecule has 5 nitrogen and oxygen atoms in total. The monoisotopic (exact) mass is 330 g/mol. The topological polar surface area (TPSA) is 65.5 Å². The maximum absolute atomic E-state index is 11.6. The Kier molecular flexibility index (Phi) is 7.09. The van der Waals surface area contributed by atoms with E-state index < -0.39 is 0 Å². The fourth-order valence-electron chi connectivity index (χ4n) is 2.47. The van der Waals surface area contributed by atoms with Crippen molar-refractivity contribution in [2.24, 2.45) is 4.99 Å². The van der Waals surface area contributed by atoms with Gasteiger partial charge in [-0.1, -0.05) is 36.8 Å². The fourth-order valence-corrected chi connectivity index (χ4v) is 2.47. The summed E-state index contributed by atoms with van der Waals surface area (Å²) in [7, 11) is 1.77. The smallest absolute Gasteiger partial charge is 0.220 e. The number of benzene rings is 1. The minimum atomic E-state index is 0.162. The van der Waals surface area contributed by atoms with E-state index in [2.05, 4.69) is 59.1 Å². The fraction of sp³-hybridized carbons (Fsp3) is 0.579. The Balaban J connectivity index is 1.62. The highest BCUT2D eigenvalue weighted by atomic mass is 16.1. The van der Waals surface area contributed by atoms with Crippen LogP contribution >= 0.6 is 0 Å². The van der Waals surface area contributed by atoms with Crippen molar-refractivity contribution in [3.05, 3.63) is 35.4 Å². The number of nitrogens with one attached hydrogen (secondary N) is 3. The van der Waals surface area contributed by atoms with Crippen LogP contribution in [0.25, 0.3) is 0 Å². The second kappa shape index (κ2) is 9.30. The Morgan fingerprint density at radius 2 is 1.96 bits per heavy atom. The van der Waals surface area contributed by atoms with Gasteiger partial charge in [-0.15, -0.1) is 0 Å². The molecule has 1 aromatic carbocycles. The van der Waals surface area contributed by atoms with Crippen LogP contribution in [0.2, 0.25) is 0 Å². The van der Waals surface area contributed by atoms with Gasteiger partial charge in [-0.25, -0.2) is 0 Å². The Hall–Kier alpha value is -2.04. The van der Waals surface area contributed by atoms with Crippen LogP contribution in [0.4, 0.5) is 0 Å². The van der Waals surface area contributed by atoms with Crippen LogP contribution in [0.15, 0.2) is 29.3 Å². The van der Waals surface area contributed by atoms with Gasteiger partial charge < -0.3 is 16.0 Å². The number of hydrogen-bond acceptors (Lipinski definition) is 2. The predicted octanol–water partition coefficient (Wildman–Crippen LogP) is 2.32. The first-order chi connectivity index (χ1) is 11.6. The predicted molar refractivity (Wildman–Crippen MR) is 99.4 cm³/mol. The number of carbonyl (C=O) groups excluding carboxylic acids is 1. The molecule has 1 saturated carbocycles. The van der Waals surface area contributed by atoms with E-state index in [1.165, 1.54) is 11.1 Å². The lowest BCUT2D eigenvalue weighted by Crippen LogP contribution is -2.39. The summed E-state index contributed by atoms with van der Waals surface area (Å²) < 4.78 is 0. The van der Waals surface area contributed by atoms with Gasteiger partial charge in [-0.3, -0.25) is 9.79 Å². The van der Waals surface area contributed by atoms with Gasteiger partial charge in [0.25, 0.3) is 0 Å². The molecule has 1 unspecified atom stereocenters. The van der Waals surface area contributed by atoms with E-state index in [9.17, 15) is 4.79 Å². The van der Waals surface area contributed by atoms with E-state index in [1.807, 2.05) is 0 Å². The number of aliphatic imine (C=N–C) groups is 1. The lowest BCUT2D eigenvalue weighted by atomic mass is 10.0. The number of amides is 1. The first kappa shape index (κ1) is 18.3. The van der Waals surface area contributed by atoms with E-state index in [0.717, 1.165) is 38.3 Å². The van der Waals surface area contributed by atoms with Gasteiger partial charge in [0.2, 0.25) is 5.91 Å². The van der Waals surface area contributed by atoms with Crippen LogP contribution in [0.3, 0.4) is 0 Å². The van der Waals surface area contributed by atoms with Gasteiger partial charge in [0.05, 0.1) is 0 Å². The molecule has 1 amide bonds. The Morgan fingerprint density at radius 1 is 1.25 bits per heavy atom. The average Bonchev–Trinajstić information content (AvgIpc) is 3.38. The zero-order valence-electron chi connectivity index (χ0n) is 15.1. The normalized spacial score (nSPS) is 15.7. The third kappa shape index (κ3) is 6.60. The van der Waals surface area contributed by atoms with Crippen molar-refractivity contribution in [1.29, 1.82) is 0 Å². The van der Waals surface area contributed by atoms with Crippen LogP contribution in [0.1, 0.15) is 49.7 Å². The van der Waals surface area contributed by atoms with Gasteiger partial charge in [0.1, 0.15) is 0 Å². The molecule has 0 heterocycles. The first-order valence-electron chi connectivity index (χ1n) is 8.89. The van der Waals surface area contributed by atoms with Crippen LogP contribution in [0, 0.1) is 6.92 Å². The second-order valence-electron chi connectivity index (χ2n) is 6.64. The second-order valence-corrected chi connectivity index (χ2v) is 6.64. The molecule has 5 heteroatoms. The number of aryl methyl sites for hydroxylation is 1. The van der Waals surface area contributed by atoms with Gasteiger partial charge in [-0.2, -0.15) is 0 Å². The van der Waals surface area contributed by atoms with Gasteiger partial charge in [0, 0.05) is 32.6 Å². The van der Waals surface area contributed by atoms with Crippen molar-refractivity contribution in [2.45, 2.75) is 51.5 Å². The molecule has 0 saturated heterocycles. The SMILES string of the molecule is CN=C(NCCCC(=O)NC1CC1)NCC(C)c1ccc(C)cc1. The summed E-state index contributed by atoms with van der Waals surface area (Å²) in [5.41, 5.74) is 2.60. The lowest BCUT2D eigenvalue weighted by Gasteiger charge is -2.16. The van der Waals surface area contributed by atoms with Crippen LogP contribution in [0.5, 0.6) is 0 Å². The summed E-state index contributed by atoms with van der Waals surface area (Å²) in [6, 6.07) is 9.09. The van der Waals surface area contributed by atoms with E-state index in [-0.39, 0.29) is 5.91 Å². The van der Waals surface area contributed by atoms with E-state index in [1.54, 1.807) is 7.05 Å². The summed E-state index contributed by atoms with van der Waals surface area (Å²) in [6.45, 7) is 5.87. The molecule has 1 atom stereocenters. The molecule has 3 N–H and O–H groups in total. The molecule has 1 aromatic rings. The zero-order chi connectivity index (χ0) is 17.4. The third-order valence-electron chi connectivity index (χ3n) is 4.26. The number of hydrogen-bond donors (Lipinski definition) is 3. The van der Waals surface area contributed by atoms with E-state index in [0.29, 0.717) is 18.4 Å². The number of nitrogens with zero attached hydrogens (tertiary/aromatic N) is 1. The Bertz CT molecular complexity index is 549. The minimum Gasteiger partial charge on any atom is -0.356 e. The van der Waals surface area contributed by atoms with Crippen LogP contribution in [-0.4, -0.2) is 38.0 Å². The molecule has 1 aliphatic carbocycles. The quantitative estimate of drug-likeness (QED) is 0.389. The Morgan fingerprint density at radius 3 is 2.58 bits per heavy atom. The molecule has 1 fully saturated rings. The van der Waals surface area contributed by atoms with Gasteiger partial charge >= 0.3 is 0 Å². The highest BCUT2D eigenvalue weighted by Crippen LogP contribution is 2.18. The number of carbonyl (C=O) groups is 1. The molecule has 0 bridgehead atoms. The standard InChI is InChI=1S/C19H30N4O/c1-14-6-8-16(9-7-14)15(2)13-22-19(20-3)21-12-4-5-18(24)23-17-10-11-17/h6-9,15,17H,4-5,10-13H2,1-3H3,(H,23,24)(H2,20,21,22). The molecule has 0 spiro atoms. The van der Waals surface area contributed by atoms with E-state index >= 15 is 0 Å². The number of guanidine groups is 1. The van der Waals surface area contributed by atoms with Crippen molar-refractivity contribution < 1.29 is 4.79 Å². The minimum absolute atomic E-state index is 0.162. The first-order valence-corrected chi connectivity index (χ1v) is 8.89. The van der Waals surface area contributed by atoms with Crippen molar-refractivity contribution in [3.8, 4) is 0 Å². The van der Waals surface area contributed by atoms with Gasteiger partial charge in [0.15, 0.2) is 5.96 Å². The highest BCUT2D eigenvalue weighted by molar-refractivity contribution is 5.80. The highest BCUT2D eigenvalue weighted by Gasteiger charge is 2.22. The summed E-state index contributed by atoms with van der Waals surface area (Å²) in [5.74, 6) is 1.36. The lowest BCUT2D eigenvalue weighted by molar-refractivity contribution is -0.121. The Labute approximate surface area is 145 Å². The largest absolute Gasteiger partial charge is 0.356 e. The molecule has 0 radical (unpaired) electrons. The molecule has 2 rings (SSSR count). The van der Waals surface area contributed by atoms with Crippen molar-refractivity contribution in [3.63, 3.8) is 0 Å². The molecular formula is C19H30N4O. The van der Waals surface area contributed by atoms with Crippen LogP contribution < -0.4 is 16.0 Å². The molecular weight excluding hydrogens is 300 g/mol. The molecule has 132 valence electrons. The summed E-state index contributed by atoms with van der Waals surface area (Å²) >= 11 is 0. The van der Waals surface area contributed by atoms with E-state index in [4.69, 9.17) is 0 Å². The zero-order valence-corrected chi connectivity index (χ0v) is 15.1. The summed E-state index contributed by atoms with van der Waals surface area (Å²) in [4.78, 5) is 15.9. The maximum Gasteiger partial charge on any atom is 0.220 e. The van der Waals surface area contributed by atoms with Gasteiger partial charge in [-0.05, 0) is 37.7 Å². The summed E-state index contributed by atoms with van der Waals surface area (Å²) in [5, 5.41) is 9.63. The summed E-state index contributed by atoms with van der Waals surface area (Å²) in [6.07, 6.45) is 3.66. The van der Waals surface area contributed by atoms with Crippen LogP contribution in [-0.2, 0) is 4.79 Å². The maximum atomic E-state index is 11.6. The van der Waals surface area contributed by atoms with Crippen molar-refractivity contribution in [1.82, 2.24) is 16.0 Å². The molecule has 1 aliphatic rings. The van der Waals surface area contributed by atoms with Crippen molar-refractivity contribution >= 4 is 11.9 Å². The molecule has 0 aromatic heterocycles. The van der Waals surface area contributed by atoms with Crippen molar-refractivity contribution in [2.75, 3.05) is 20.1 Å². The number of rotatable bonds is 8. The molecule has 0 aliphatic heterocycles. The average molecular weight is 330 g/mol. The molecule has 24 heavy (non-hydrogen) atoms. The third-order valence-corrected chi connectivity index (χ3v) is 4.26.